The number of para-hydroxylation sites is 1. The van der Waals surface area contributed by atoms with Crippen molar-refractivity contribution in [1.29, 1.82) is 0 Å². The molecule has 0 aliphatic carbocycles. The van der Waals surface area contributed by atoms with Gasteiger partial charge in [-0.3, -0.25) is 0 Å². The van der Waals surface area contributed by atoms with E-state index < -0.39 is 0 Å². The lowest BCUT2D eigenvalue weighted by Crippen LogP contribution is -2.04. The fourth-order valence-corrected chi connectivity index (χ4v) is 2.40. The maximum absolute atomic E-state index is 3.57. The molecule has 0 fully saturated rings. The van der Waals surface area contributed by atoms with E-state index in [0.717, 1.165) is 6.54 Å². The van der Waals surface area contributed by atoms with Crippen LogP contribution >= 0.6 is 0 Å². The number of hydrogen-bond acceptors (Lipinski definition) is 1. The van der Waals surface area contributed by atoms with E-state index in [-0.39, 0.29) is 0 Å². The van der Waals surface area contributed by atoms with Crippen molar-refractivity contribution in [2.45, 2.75) is 40.2 Å². The molecule has 0 aromatic heterocycles. The molecule has 0 saturated carbocycles. The lowest BCUT2D eigenvalue weighted by Gasteiger charge is -2.15. The number of nitrogens with one attached hydrogen (secondary N) is 1. The van der Waals surface area contributed by atoms with Crippen molar-refractivity contribution in [3.8, 4) is 0 Å². The molecule has 1 nitrogen and oxygen atoms in total. The zero-order valence-corrected chi connectivity index (χ0v) is 12.3. The SMILES string of the molecule is Cc1ccc(CNc2ccccc2C(C)C)c(C)c1. The van der Waals surface area contributed by atoms with E-state index in [9.17, 15) is 0 Å². The summed E-state index contributed by atoms with van der Waals surface area (Å²) in [6.07, 6.45) is 0. The molecule has 0 amide bonds. The van der Waals surface area contributed by atoms with Crippen LogP contribution in [0.25, 0.3) is 0 Å². The summed E-state index contributed by atoms with van der Waals surface area (Å²) in [5.41, 5.74) is 6.67. The smallest absolute Gasteiger partial charge is 0.0403 e. The van der Waals surface area contributed by atoms with Gasteiger partial charge in [0.2, 0.25) is 0 Å². The zero-order chi connectivity index (χ0) is 13.8. The fraction of sp³-hybridized carbons (Fsp3) is 0.333. The molecule has 100 valence electrons. The van der Waals surface area contributed by atoms with Crippen LogP contribution in [0.4, 0.5) is 5.69 Å². The number of aryl methyl sites for hydroxylation is 2. The number of hydrogen-bond donors (Lipinski definition) is 1. The van der Waals surface area contributed by atoms with E-state index in [0.29, 0.717) is 5.92 Å². The molecule has 0 radical (unpaired) electrons. The van der Waals surface area contributed by atoms with E-state index in [4.69, 9.17) is 0 Å². The van der Waals surface area contributed by atoms with Crippen LogP contribution in [0.15, 0.2) is 42.5 Å². The third kappa shape index (κ3) is 3.37. The highest BCUT2D eigenvalue weighted by molar-refractivity contribution is 5.53. The van der Waals surface area contributed by atoms with E-state index in [1.54, 1.807) is 0 Å². The number of rotatable bonds is 4. The van der Waals surface area contributed by atoms with Gasteiger partial charge in [-0.15, -0.1) is 0 Å². The molecule has 0 atom stereocenters. The predicted molar refractivity (Wildman–Crippen MR) is 83.8 cm³/mol. The van der Waals surface area contributed by atoms with E-state index in [1.807, 2.05) is 0 Å². The Kier molecular flexibility index (Phi) is 4.26. The van der Waals surface area contributed by atoms with Gasteiger partial charge in [0.25, 0.3) is 0 Å². The standard InChI is InChI=1S/C18H23N/c1-13(2)17-7-5-6-8-18(17)19-12-16-10-9-14(3)11-15(16)4/h5-11,13,19H,12H2,1-4H3. The van der Waals surface area contributed by atoms with Crippen LogP contribution in [0, 0.1) is 13.8 Å². The van der Waals surface area contributed by atoms with Gasteiger partial charge in [-0.1, -0.05) is 55.8 Å². The Morgan fingerprint density at radius 1 is 1.00 bits per heavy atom. The van der Waals surface area contributed by atoms with Gasteiger partial charge in [-0.05, 0) is 42.5 Å². The van der Waals surface area contributed by atoms with Crippen LogP contribution in [0.2, 0.25) is 0 Å². The molecule has 0 heterocycles. The second-order valence-electron chi connectivity index (χ2n) is 5.53. The Morgan fingerprint density at radius 3 is 2.42 bits per heavy atom. The van der Waals surface area contributed by atoms with Gasteiger partial charge in [0.05, 0.1) is 0 Å². The molecule has 0 spiro atoms. The molecule has 2 aromatic carbocycles. The molecular formula is C18H23N. The largest absolute Gasteiger partial charge is 0.381 e. The zero-order valence-electron chi connectivity index (χ0n) is 12.3. The van der Waals surface area contributed by atoms with Crippen LogP contribution in [0.1, 0.15) is 42.0 Å². The molecule has 0 saturated heterocycles. The summed E-state index contributed by atoms with van der Waals surface area (Å²) in [6.45, 7) is 9.67. The van der Waals surface area contributed by atoms with Crippen molar-refractivity contribution in [1.82, 2.24) is 0 Å². The minimum Gasteiger partial charge on any atom is -0.381 e. The highest BCUT2D eigenvalue weighted by Crippen LogP contribution is 2.24. The van der Waals surface area contributed by atoms with Gasteiger partial charge in [-0.25, -0.2) is 0 Å². The first kappa shape index (κ1) is 13.7. The van der Waals surface area contributed by atoms with Crippen molar-refractivity contribution in [2.24, 2.45) is 0 Å². The average Bonchev–Trinajstić information content (AvgIpc) is 2.38. The minimum absolute atomic E-state index is 0.544. The first-order valence-corrected chi connectivity index (χ1v) is 6.97. The van der Waals surface area contributed by atoms with Crippen LogP contribution < -0.4 is 5.32 Å². The molecule has 0 aliphatic heterocycles. The summed E-state index contributed by atoms with van der Waals surface area (Å²) >= 11 is 0. The molecule has 19 heavy (non-hydrogen) atoms. The summed E-state index contributed by atoms with van der Waals surface area (Å²) in [5.74, 6) is 0.544. The van der Waals surface area contributed by atoms with Crippen molar-refractivity contribution >= 4 is 5.69 Å². The quantitative estimate of drug-likeness (QED) is 0.805. The highest BCUT2D eigenvalue weighted by Gasteiger charge is 2.05. The summed E-state index contributed by atoms with van der Waals surface area (Å²) < 4.78 is 0. The molecule has 1 heteroatoms. The Labute approximate surface area is 116 Å². The molecular weight excluding hydrogens is 230 g/mol. The van der Waals surface area contributed by atoms with Crippen molar-refractivity contribution < 1.29 is 0 Å². The summed E-state index contributed by atoms with van der Waals surface area (Å²) in [4.78, 5) is 0. The summed E-state index contributed by atoms with van der Waals surface area (Å²) in [5, 5.41) is 3.57. The molecule has 2 rings (SSSR count). The molecule has 1 N–H and O–H groups in total. The number of benzene rings is 2. The van der Waals surface area contributed by atoms with Gasteiger partial charge < -0.3 is 5.32 Å². The van der Waals surface area contributed by atoms with Gasteiger partial charge >= 0.3 is 0 Å². The lowest BCUT2D eigenvalue weighted by molar-refractivity contribution is 0.865. The van der Waals surface area contributed by atoms with E-state index >= 15 is 0 Å². The topological polar surface area (TPSA) is 12.0 Å². The maximum atomic E-state index is 3.57. The highest BCUT2D eigenvalue weighted by atomic mass is 14.9. The Bertz CT molecular complexity index is 555. The summed E-state index contributed by atoms with van der Waals surface area (Å²) in [6, 6.07) is 15.2. The first-order chi connectivity index (χ1) is 9.08. The summed E-state index contributed by atoms with van der Waals surface area (Å²) in [7, 11) is 0. The Balaban J connectivity index is 2.14. The predicted octanol–water partition coefficient (Wildman–Crippen LogP) is 5.04. The maximum Gasteiger partial charge on any atom is 0.0403 e. The molecule has 2 aromatic rings. The minimum atomic E-state index is 0.544. The third-order valence-electron chi connectivity index (χ3n) is 3.55. The van der Waals surface area contributed by atoms with Gasteiger partial charge in [0, 0.05) is 12.2 Å². The average molecular weight is 253 g/mol. The van der Waals surface area contributed by atoms with E-state index in [2.05, 4.69) is 75.5 Å². The fourth-order valence-electron chi connectivity index (χ4n) is 2.40. The van der Waals surface area contributed by atoms with Gasteiger partial charge in [0.15, 0.2) is 0 Å². The number of anilines is 1. The van der Waals surface area contributed by atoms with Crippen LogP contribution in [-0.4, -0.2) is 0 Å². The van der Waals surface area contributed by atoms with E-state index in [1.165, 1.54) is 27.9 Å². The normalized spacial score (nSPS) is 10.8. The van der Waals surface area contributed by atoms with Gasteiger partial charge in [0.1, 0.15) is 0 Å². The Morgan fingerprint density at radius 2 is 1.74 bits per heavy atom. The van der Waals surface area contributed by atoms with Crippen LogP contribution in [0.3, 0.4) is 0 Å². The monoisotopic (exact) mass is 253 g/mol. The first-order valence-electron chi connectivity index (χ1n) is 6.97. The van der Waals surface area contributed by atoms with Crippen molar-refractivity contribution in [3.05, 3.63) is 64.7 Å². The second-order valence-corrected chi connectivity index (χ2v) is 5.53. The molecule has 0 bridgehead atoms. The Hall–Kier alpha value is -1.76. The van der Waals surface area contributed by atoms with Crippen LogP contribution in [-0.2, 0) is 6.54 Å². The third-order valence-corrected chi connectivity index (χ3v) is 3.55. The lowest BCUT2D eigenvalue weighted by atomic mass is 10.0. The molecule has 0 aliphatic rings. The van der Waals surface area contributed by atoms with Gasteiger partial charge in [-0.2, -0.15) is 0 Å². The molecule has 0 unspecified atom stereocenters. The van der Waals surface area contributed by atoms with Crippen molar-refractivity contribution in [2.75, 3.05) is 5.32 Å². The van der Waals surface area contributed by atoms with Crippen molar-refractivity contribution in [3.63, 3.8) is 0 Å². The second kappa shape index (κ2) is 5.92. The van der Waals surface area contributed by atoms with Crippen LogP contribution in [0.5, 0.6) is 0 Å².